The summed E-state index contributed by atoms with van der Waals surface area (Å²) in [5.74, 6) is -0.0620. The molecule has 0 radical (unpaired) electrons. The van der Waals surface area contributed by atoms with Crippen LogP contribution in [0.15, 0.2) is 54.6 Å². The first kappa shape index (κ1) is 20.7. The number of Topliss-reactive ketones (excluding diaryl/α,β-unsaturated/α-hetero) is 1. The quantitative estimate of drug-likeness (QED) is 0.735. The van der Waals surface area contributed by atoms with Crippen molar-refractivity contribution in [3.8, 4) is 0 Å². The maximum absolute atomic E-state index is 12.4. The van der Waals surface area contributed by atoms with Crippen molar-refractivity contribution in [3.63, 3.8) is 0 Å². The number of aryl methyl sites for hydroxylation is 1. The van der Waals surface area contributed by atoms with E-state index in [1.54, 1.807) is 17.0 Å². The molecule has 1 aliphatic heterocycles. The Hall–Kier alpha value is -2.99. The van der Waals surface area contributed by atoms with Crippen LogP contribution >= 0.6 is 0 Å². The number of carbonyl (C=O) groups is 3. The molecule has 0 atom stereocenters. The average molecular weight is 393 g/mol. The van der Waals surface area contributed by atoms with Gasteiger partial charge in [0.1, 0.15) is 0 Å². The molecule has 6 nitrogen and oxygen atoms in total. The van der Waals surface area contributed by atoms with E-state index < -0.39 is 0 Å². The Morgan fingerprint density at radius 1 is 0.862 bits per heavy atom. The van der Waals surface area contributed by atoms with Crippen LogP contribution in [-0.2, 0) is 9.59 Å². The Balaban J connectivity index is 1.38. The van der Waals surface area contributed by atoms with E-state index in [4.69, 9.17) is 0 Å². The highest BCUT2D eigenvalue weighted by molar-refractivity contribution is 5.98. The molecular formula is C23H27N3O3. The molecule has 1 heterocycles. The number of piperazine rings is 1. The zero-order valence-electron chi connectivity index (χ0n) is 16.8. The fourth-order valence-corrected chi connectivity index (χ4v) is 3.34. The van der Waals surface area contributed by atoms with Gasteiger partial charge >= 0.3 is 0 Å². The number of amides is 2. The molecule has 152 valence electrons. The van der Waals surface area contributed by atoms with Crippen LogP contribution in [0.2, 0.25) is 0 Å². The standard InChI is InChI=1S/C23H27N3O3/c1-18-7-9-19(10-8-18)21(27)11-12-23(29)26-15-13-25(14-16-26)17-22(28)24-20-5-3-2-4-6-20/h2-10H,11-17H2,1H3,(H,24,28). The zero-order valence-corrected chi connectivity index (χ0v) is 16.8. The predicted octanol–water partition coefficient (Wildman–Crippen LogP) is 2.74. The number of nitrogens with one attached hydrogen (secondary N) is 1. The first-order valence-electron chi connectivity index (χ1n) is 9.96. The highest BCUT2D eigenvalue weighted by atomic mass is 16.2. The number of para-hydroxylation sites is 1. The molecule has 0 bridgehead atoms. The molecule has 0 saturated carbocycles. The summed E-state index contributed by atoms with van der Waals surface area (Å²) in [4.78, 5) is 40.7. The summed E-state index contributed by atoms with van der Waals surface area (Å²) in [7, 11) is 0. The molecule has 29 heavy (non-hydrogen) atoms. The number of rotatable bonds is 7. The molecule has 2 aromatic carbocycles. The van der Waals surface area contributed by atoms with E-state index in [-0.39, 0.29) is 30.4 Å². The van der Waals surface area contributed by atoms with Gasteiger partial charge in [0.2, 0.25) is 11.8 Å². The van der Waals surface area contributed by atoms with Crippen LogP contribution in [0, 0.1) is 6.92 Å². The third kappa shape index (κ3) is 6.26. The number of anilines is 1. The van der Waals surface area contributed by atoms with Crippen molar-refractivity contribution in [2.75, 3.05) is 38.0 Å². The van der Waals surface area contributed by atoms with Gasteiger partial charge in [-0.05, 0) is 19.1 Å². The van der Waals surface area contributed by atoms with E-state index in [1.807, 2.05) is 54.3 Å². The summed E-state index contributed by atoms with van der Waals surface area (Å²) in [6, 6.07) is 16.8. The average Bonchev–Trinajstić information content (AvgIpc) is 2.73. The maximum Gasteiger partial charge on any atom is 0.238 e. The Labute approximate surface area is 171 Å². The summed E-state index contributed by atoms with van der Waals surface area (Å²) in [5, 5.41) is 2.88. The van der Waals surface area contributed by atoms with E-state index in [2.05, 4.69) is 5.32 Å². The second-order valence-corrected chi connectivity index (χ2v) is 7.36. The lowest BCUT2D eigenvalue weighted by Crippen LogP contribution is -2.50. The van der Waals surface area contributed by atoms with Crippen LogP contribution in [-0.4, -0.2) is 60.1 Å². The van der Waals surface area contributed by atoms with Gasteiger partial charge < -0.3 is 10.2 Å². The van der Waals surface area contributed by atoms with Gasteiger partial charge in [-0.15, -0.1) is 0 Å². The Morgan fingerprint density at radius 3 is 2.17 bits per heavy atom. The molecule has 1 saturated heterocycles. The van der Waals surface area contributed by atoms with E-state index in [1.165, 1.54) is 0 Å². The van der Waals surface area contributed by atoms with E-state index in [0.29, 0.717) is 38.3 Å². The van der Waals surface area contributed by atoms with Gasteiger partial charge in [-0.1, -0.05) is 48.0 Å². The molecule has 1 aliphatic rings. The molecule has 0 unspecified atom stereocenters. The van der Waals surface area contributed by atoms with E-state index in [9.17, 15) is 14.4 Å². The van der Waals surface area contributed by atoms with Crippen LogP contribution in [0.25, 0.3) is 0 Å². The first-order chi connectivity index (χ1) is 14.0. The fourth-order valence-electron chi connectivity index (χ4n) is 3.34. The minimum Gasteiger partial charge on any atom is -0.340 e. The Kier molecular flexibility index (Phi) is 7.14. The Bertz CT molecular complexity index is 841. The van der Waals surface area contributed by atoms with Crippen LogP contribution in [0.5, 0.6) is 0 Å². The Morgan fingerprint density at radius 2 is 1.52 bits per heavy atom. The van der Waals surface area contributed by atoms with E-state index >= 15 is 0 Å². The summed E-state index contributed by atoms with van der Waals surface area (Å²) in [5.41, 5.74) is 2.54. The molecular weight excluding hydrogens is 366 g/mol. The number of hydrogen-bond acceptors (Lipinski definition) is 4. The molecule has 0 spiro atoms. The number of nitrogens with zero attached hydrogens (tertiary/aromatic N) is 2. The molecule has 2 aromatic rings. The van der Waals surface area contributed by atoms with Crippen molar-refractivity contribution in [1.29, 1.82) is 0 Å². The third-order valence-electron chi connectivity index (χ3n) is 5.09. The fraction of sp³-hybridized carbons (Fsp3) is 0.348. The van der Waals surface area contributed by atoms with Crippen molar-refractivity contribution in [2.24, 2.45) is 0 Å². The zero-order chi connectivity index (χ0) is 20.6. The number of ketones is 1. The van der Waals surface area contributed by atoms with Gasteiger partial charge in [-0.3, -0.25) is 19.3 Å². The van der Waals surface area contributed by atoms with Gasteiger partial charge in [-0.2, -0.15) is 0 Å². The second kappa shape index (κ2) is 9.98. The lowest BCUT2D eigenvalue weighted by molar-refractivity contribution is -0.133. The van der Waals surface area contributed by atoms with Crippen molar-refractivity contribution in [3.05, 3.63) is 65.7 Å². The van der Waals surface area contributed by atoms with Crippen LogP contribution in [0.3, 0.4) is 0 Å². The summed E-state index contributed by atoms with van der Waals surface area (Å²) >= 11 is 0. The third-order valence-corrected chi connectivity index (χ3v) is 5.09. The summed E-state index contributed by atoms with van der Waals surface area (Å²) in [6.07, 6.45) is 0.447. The summed E-state index contributed by atoms with van der Waals surface area (Å²) in [6.45, 7) is 4.75. The highest BCUT2D eigenvalue weighted by Crippen LogP contribution is 2.11. The molecule has 2 amide bonds. The van der Waals surface area contributed by atoms with Crippen molar-refractivity contribution in [1.82, 2.24) is 9.80 Å². The predicted molar refractivity (Wildman–Crippen MR) is 113 cm³/mol. The van der Waals surface area contributed by atoms with Crippen LogP contribution in [0.1, 0.15) is 28.8 Å². The minimum absolute atomic E-state index is 0.00107. The van der Waals surface area contributed by atoms with Crippen molar-refractivity contribution >= 4 is 23.3 Å². The first-order valence-corrected chi connectivity index (χ1v) is 9.96. The molecule has 0 aliphatic carbocycles. The SMILES string of the molecule is Cc1ccc(C(=O)CCC(=O)N2CCN(CC(=O)Nc3ccccc3)CC2)cc1. The monoisotopic (exact) mass is 393 g/mol. The summed E-state index contributed by atoms with van der Waals surface area (Å²) < 4.78 is 0. The molecule has 3 rings (SSSR count). The topological polar surface area (TPSA) is 69.7 Å². The lowest BCUT2D eigenvalue weighted by Gasteiger charge is -2.34. The number of hydrogen-bond donors (Lipinski definition) is 1. The number of benzene rings is 2. The van der Waals surface area contributed by atoms with Gasteiger partial charge in [0.05, 0.1) is 6.54 Å². The smallest absolute Gasteiger partial charge is 0.238 e. The van der Waals surface area contributed by atoms with E-state index in [0.717, 1.165) is 11.3 Å². The molecule has 1 fully saturated rings. The number of carbonyl (C=O) groups excluding carboxylic acids is 3. The normalized spacial score (nSPS) is 14.4. The lowest BCUT2D eigenvalue weighted by atomic mass is 10.0. The van der Waals surface area contributed by atoms with Gasteiger partial charge in [0.25, 0.3) is 0 Å². The van der Waals surface area contributed by atoms with Crippen LogP contribution in [0.4, 0.5) is 5.69 Å². The van der Waals surface area contributed by atoms with Gasteiger partial charge in [-0.25, -0.2) is 0 Å². The van der Waals surface area contributed by atoms with Gasteiger partial charge in [0.15, 0.2) is 5.78 Å². The second-order valence-electron chi connectivity index (χ2n) is 7.36. The highest BCUT2D eigenvalue weighted by Gasteiger charge is 2.23. The molecule has 1 N–H and O–H groups in total. The largest absolute Gasteiger partial charge is 0.340 e. The molecule has 0 aromatic heterocycles. The minimum atomic E-state index is -0.0559. The van der Waals surface area contributed by atoms with Crippen molar-refractivity contribution < 1.29 is 14.4 Å². The molecule has 6 heteroatoms. The van der Waals surface area contributed by atoms with Crippen molar-refractivity contribution in [2.45, 2.75) is 19.8 Å². The van der Waals surface area contributed by atoms with Gasteiger partial charge in [0, 0.05) is 50.3 Å². The maximum atomic E-state index is 12.4. The van der Waals surface area contributed by atoms with Crippen LogP contribution < -0.4 is 5.32 Å².